The molecule has 3 heteroatoms. The highest BCUT2D eigenvalue weighted by Crippen LogP contribution is 2.18. The number of anilines is 1. The van der Waals surface area contributed by atoms with Gasteiger partial charge in [0.05, 0.1) is 0 Å². The summed E-state index contributed by atoms with van der Waals surface area (Å²) in [5.74, 6) is -0.927. The molecule has 0 atom stereocenters. The third-order valence-corrected chi connectivity index (χ3v) is 2.93. The quantitative estimate of drug-likeness (QED) is 0.789. The summed E-state index contributed by atoms with van der Waals surface area (Å²) in [5.41, 5.74) is 3.48. The molecule has 2 aromatic rings. The maximum Gasteiger partial charge on any atom is 0.328 e. The molecule has 0 amide bonds. The van der Waals surface area contributed by atoms with Crippen LogP contribution in [0.25, 0.3) is 0 Å². The number of hydrogen-bond donors (Lipinski definition) is 2. The molecule has 0 saturated heterocycles. The summed E-state index contributed by atoms with van der Waals surface area (Å²) in [7, 11) is 0. The Hall–Kier alpha value is -2.55. The van der Waals surface area contributed by atoms with E-state index in [0.717, 1.165) is 18.2 Å². The van der Waals surface area contributed by atoms with Crippen LogP contribution in [-0.4, -0.2) is 17.6 Å². The van der Waals surface area contributed by atoms with Gasteiger partial charge in [0.2, 0.25) is 0 Å². The fraction of sp³-hybridized carbons (Fsp3) is 0.118. The monoisotopic (exact) mass is 267 g/mol. The highest BCUT2D eigenvalue weighted by molar-refractivity contribution is 5.79. The highest BCUT2D eigenvalue weighted by Gasteiger charge is 2.01. The summed E-state index contributed by atoms with van der Waals surface area (Å²) in [6.45, 7) is 0.498. The molecule has 0 spiro atoms. The third kappa shape index (κ3) is 4.28. The van der Waals surface area contributed by atoms with Crippen molar-refractivity contribution in [2.24, 2.45) is 0 Å². The van der Waals surface area contributed by atoms with Crippen LogP contribution in [0.5, 0.6) is 0 Å². The molecule has 0 bridgehead atoms. The fourth-order valence-electron chi connectivity index (χ4n) is 1.99. The fourth-order valence-corrected chi connectivity index (χ4v) is 1.99. The van der Waals surface area contributed by atoms with Gasteiger partial charge < -0.3 is 10.4 Å². The van der Waals surface area contributed by atoms with Gasteiger partial charge in [-0.3, -0.25) is 0 Å². The molecular formula is C17H17NO2. The van der Waals surface area contributed by atoms with Crippen molar-refractivity contribution in [1.29, 1.82) is 0 Å². The largest absolute Gasteiger partial charge is 0.478 e. The first-order chi connectivity index (χ1) is 9.75. The SMILES string of the molecule is O=C(O)/C=C/CNc1ccccc1Cc1ccccc1. The van der Waals surface area contributed by atoms with Crippen LogP contribution in [0.4, 0.5) is 5.69 Å². The Morgan fingerprint density at radius 2 is 1.75 bits per heavy atom. The first kappa shape index (κ1) is 13.9. The predicted octanol–water partition coefficient (Wildman–Crippen LogP) is 3.33. The summed E-state index contributed by atoms with van der Waals surface area (Å²) in [5, 5.41) is 11.8. The number of hydrogen-bond acceptors (Lipinski definition) is 2. The van der Waals surface area contributed by atoms with Crippen LogP contribution in [0.1, 0.15) is 11.1 Å². The smallest absolute Gasteiger partial charge is 0.328 e. The minimum atomic E-state index is -0.927. The average molecular weight is 267 g/mol. The van der Waals surface area contributed by atoms with Crippen molar-refractivity contribution < 1.29 is 9.90 Å². The van der Waals surface area contributed by atoms with E-state index in [1.54, 1.807) is 6.08 Å². The summed E-state index contributed by atoms with van der Waals surface area (Å²) in [4.78, 5) is 10.4. The van der Waals surface area contributed by atoms with E-state index in [4.69, 9.17) is 5.11 Å². The predicted molar refractivity (Wildman–Crippen MR) is 81.0 cm³/mol. The lowest BCUT2D eigenvalue weighted by atomic mass is 10.0. The molecule has 0 radical (unpaired) electrons. The summed E-state index contributed by atoms with van der Waals surface area (Å²) < 4.78 is 0. The summed E-state index contributed by atoms with van der Waals surface area (Å²) in [6.07, 6.45) is 3.60. The van der Waals surface area contributed by atoms with E-state index in [2.05, 4.69) is 23.5 Å². The molecule has 3 nitrogen and oxygen atoms in total. The molecule has 0 aliphatic carbocycles. The van der Waals surface area contributed by atoms with Crippen molar-refractivity contribution in [3.05, 3.63) is 77.9 Å². The van der Waals surface area contributed by atoms with Crippen molar-refractivity contribution in [3.63, 3.8) is 0 Å². The van der Waals surface area contributed by atoms with Gasteiger partial charge >= 0.3 is 5.97 Å². The molecule has 0 heterocycles. The molecule has 2 aromatic carbocycles. The van der Waals surface area contributed by atoms with Crippen LogP contribution in [0.3, 0.4) is 0 Å². The van der Waals surface area contributed by atoms with E-state index in [1.807, 2.05) is 36.4 Å². The molecule has 0 saturated carbocycles. The van der Waals surface area contributed by atoms with Gasteiger partial charge in [0, 0.05) is 18.3 Å². The highest BCUT2D eigenvalue weighted by atomic mass is 16.4. The molecule has 0 unspecified atom stereocenters. The van der Waals surface area contributed by atoms with Crippen molar-refractivity contribution in [2.45, 2.75) is 6.42 Å². The van der Waals surface area contributed by atoms with Gasteiger partial charge in [0.1, 0.15) is 0 Å². The van der Waals surface area contributed by atoms with E-state index < -0.39 is 5.97 Å². The average Bonchev–Trinajstić information content (AvgIpc) is 2.46. The number of carboxylic acids is 1. The molecule has 102 valence electrons. The Balaban J connectivity index is 2.04. The lowest BCUT2D eigenvalue weighted by Gasteiger charge is -2.10. The van der Waals surface area contributed by atoms with Gasteiger partial charge in [-0.1, -0.05) is 54.6 Å². The van der Waals surface area contributed by atoms with Gasteiger partial charge in [0.25, 0.3) is 0 Å². The number of benzene rings is 2. The van der Waals surface area contributed by atoms with E-state index in [0.29, 0.717) is 6.54 Å². The van der Waals surface area contributed by atoms with Crippen molar-refractivity contribution in [3.8, 4) is 0 Å². The number of para-hydroxylation sites is 1. The van der Waals surface area contributed by atoms with E-state index in [-0.39, 0.29) is 0 Å². The molecule has 2 N–H and O–H groups in total. The number of aliphatic carboxylic acids is 1. The zero-order chi connectivity index (χ0) is 14.2. The van der Waals surface area contributed by atoms with Crippen LogP contribution < -0.4 is 5.32 Å². The first-order valence-corrected chi connectivity index (χ1v) is 6.51. The first-order valence-electron chi connectivity index (χ1n) is 6.51. The Morgan fingerprint density at radius 1 is 1.05 bits per heavy atom. The molecule has 0 aromatic heterocycles. The number of nitrogens with one attached hydrogen (secondary N) is 1. The van der Waals surface area contributed by atoms with Crippen molar-refractivity contribution in [1.82, 2.24) is 0 Å². The number of carbonyl (C=O) groups is 1. The standard InChI is InChI=1S/C17H17NO2/c19-17(20)11-6-12-18-16-10-5-4-9-15(16)13-14-7-2-1-3-8-14/h1-11,18H,12-13H2,(H,19,20)/b11-6+. The van der Waals surface area contributed by atoms with Gasteiger partial charge in [0.15, 0.2) is 0 Å². The van der Waals surface area contributed by atoms with Crippen LogP contribution in [-0.2, 0) is 11.2 Å². The van der Waals surface area contributed by atoms with Gasteiger partial charge in [-0.2, -0.15) is 0 Å². The minimum Gasteiger partial charge on any atom is -0.478 e. The Bertz CT molecular complexity index is 591. The topological polar surface area (TPSA) is 49.3 Å². The minimum absolute atomic E-state index is 0.498. The Morgan fingerprint density at radius 3 is 2.50 bits per heavy atom. The lowest BCUT2D eigenvalue weighted by molar-refractivity contribution is -0.131. The molecule has 2 rings (SSSR count). The van der Waals surface area contributed by atoms with Crippen molar-refractivity contribution >= 4 is 11.7 Å². The maximum atomic E-state index is 10.4. The lowest BCUT2D eigenvalue weighted by Crippen LogP contribution is -2.03. The molecule has 0 aliphatic rings. The molecular weight excluding hydrogens is 250 g/mol. The second kappa shape index (κ2) is 7.14. The Kier molecular flexibility index (Phi) is 4.95. The van der Waals surface area contributed by atoms with Crippen LogP contribution in [0.15, 0.2) is 66.7 Å². The number of rotatable bonds is 6. The van der Waals surface area contributed by atoms with Gasteiger partial charge in [-0.25, -0.2) is 4.79 Å². The van der Waals surface area contributed by atoms with E-state index >= 15 is 0 Å². The van der Waals surface area contributed by atoms with Crippen molar-refractivity contribution in [2.75, 3.05) is 11.9 Å². The van der Waals surface area contributed by atoms with Crippen LogP contribution >= 0.6 is 0 Å². The van der Waals surface area contributed by atoms with Gasteiger partial charge in [-0.15, -0.1) is 0 Å². The Labute approximate surface area is 118 Å². The maximum absolute atomic E-state index is 10.4. The third-order valence-electron chi connectivity index (χ3n) is 2.93. The second-order valence-corrected chi connectivity index (χ2v) is 4.44. The summed E-state index contributed by atoms with van der Waals surface area (Å²) in [6, 6.07) is 18.3. The number of carboxylic acid groups (broad SMARTS) is 1. The second-order valence-electron chi connectivity index (χ2n) is 4.44. The molecule has 20 heavy (non-hydrogen) atoms. The van der Waals surface area contributed by atoms with Crippen LogP contribution in [0, 0.1) is 0 Å². The zero-order valence-electron chi connectivity index (χ0n) is 11.1. The van der Waals surface area contributed by atoms with Gasteiger partial charge in [-0.05, 0) is 23.6 Å². The molecule has 0 aliphatic heterocycles. The normalized spacial score (nSPS) is 10.6. The van der Waals surface area contributed by atoms with Crippen LogP contribution in [0.2, 0.25) is 0 Å². The van der Waals surface area contributed by atoms with E-state index in [1.165, 1.54) is 11.1 Å². The molecule has 0 fully saturated rings. The summed E-state index contributed by atoms with van der Waals surface area (Å²) >= 11 is 0. The zero-order valence-corrected chi connectivity index (χ0v) is 11.1. The van der Waals surface area contributed by atoms with E-state index in [9.17, 15) is 4.79 Å².